The third kappa shape index (κ3) is 6.29. The molecular weight excluding hydrogens is 290 g/mol. The molecule has 1 fully saturated rings. The average Bonchev–Trinajstić information content (AvgIpc) is 2.55. The van der Waals surface area contributed by atoms with Gasteiger partial charge < -0.3 is 10.1 Å². The second kappa shape index (κ2) is 9.65. The van der Waals surface area contributed by atoms with Crippen LogP contribution in [-0.4, -0.2) is 74.7 Å². The summed E-state index contributed by atoms with van der Waals surface area (Å²) in [6.07, 6.45) is 0.883. The van der Waals surface area contributed by atoms with Crippen molar-refractivity contribution in [3.05, 3.63) is 35.9 Å². The molecule has 0 bridgehead atoms. The smallest absolute Gasteiger partial charge is 0.234 e. The third-order valence-corrected chi connectivity index (χ3v) is 4.38. The Balaban J connectivity index is 1.64. The molecule has 0 saturated carbocycles. The van der Waals surface area contributed by atoms with Crippen molar-refractivity contribution in [2.75, 3.05) is 53.0 Å². The van der Waals surface area contributed by atoms with Gasteiger partial charge in [-0.1, -0.05) is 30.3 Å². The van der Waals surface area contributed by atoms with Crippen molar-refractivity contribution < 1.29 is 9.53 Å². The van der Waals surface area contributed by atoms with Gasteiger partial charge in [0.25, 0.3) is 0 Å². The Hall–Kier alpha value is -1.43. The molecule has 5 heteroatoms. The molecule has 1 aromatic carbocycles. The van der Waals surface area contributed by atoms with Gasteiger partial charge in [-0.3, -0.25) is 14.6 Å². The topological polar surface area (TPSA) is 44.8 Å². The number of amides is 1. The summed E-state index contributed by atoms with van der Waals surface area (Å²) in [5.74, 6) is 0.124. The van der Waals surface area contributed by atoms with Gasteiger partial charge in [0.2, 0.25) is 5.91 Å². The average molecular weight is 319 g/mol. The normalized spacial score (nSPS) is 19.7. The van der Waals surface area contributed by atoms with Crippen LogP contribution < -0.4 is 5.32 Å². The van der Waals surface area contributed by atoms with Crippen LogP contribution in [0, 0.1) is 0 Å². The number of nitrogens with one attached hydrogen (secondary N) is 1. The van der Waals surface area contributed by atoms with Gasteiger partial charge in [0.15, 0.2) is 0 Å². The minimum Gasteiger partial charge on any atom is -0.383 e. The zero-order chi connectivity index (χ0) is 16.5. The van der Waals surface area contributed by atoms with Crippen LogP contribution in [0.25, 0.3) is 0 Å². The van der Waals surface area contributed by atoms with Crippen LogP contribution in [0.5, 0.6) is 0 Å². The number of carbonyl (C=O) groups is 1. The predicted molar refractivity (Wildman–Crippen MR) is 92.5 cm³/mol. The van der Waals surface area contributed by atoms with Crippen LogP contribution in [0.15, 0.2) is 30.3 Å². The van der Waals surface area contributed by atoms with E-state index in [0.717, 1.165) is 39.2 Å². The van der Waals surface area contributed by atoms with Crippen LogP contribution in [0.3, 0.4) is 0 Å². The Morgan fingerprint density at radius 2 is 2.09 bits per heavy atom. The van der Waals surface area contributed by atoms with E-state index in [1.165, 1.54) is 5.56 Å². The van der Waals surface area contributed by atoms with Crippen molar-refractivity contribution in [3.63, 3.8) is 0 Å². The molecule has 5 nitrogen and oxygen atoms in total. The summed E-state index contributed by atoms with van der Waals surface area (Å²) in [4.78, 5) is 16.7. The number of methoxy groups -OCH3 is 1. The number of nitrogens with zero attached hydrogens (tertiary/aromatic N) is 2. The summed E-state index contributed by atoms with van der Waals surface area (Å²) in [6.45, 7) is 8.04. The van der Waals surface area contributed by atoms with Gasteiger partial charge in [-0.2, -0.15) is 0 Å². The van der Waals surface area contributed by atoms with E-state index in [9.17, 15) is 4.79 Å². The van der Waals surface area contributed by atoms with Crippen molar-refractivity contribution in [3.8, 4) is 0 Å². The second-order valence-corrected chi connectivity index (χ2v) is 6.20. The van der Waals surface area contributed by atoms with Gasteiger partial charge in [0.05, 0.1) is 13.2 Å². The SMILES string of the molecule is COCCN1CCN(CC(=O)NCCc2ccccc2)C[C@@H]1C. The Labute approximate surface area is 139 Å². The van der Waals surface area contributed by atoms with Crippen LogP contribution >= 0.6 is 0 Å². The summed E-state index contributed by atoms with van der Waals surface area (Å²) >= 11 is 0. The summed E-state index contributed by atoms with van der Waals surface area (Å²) in [7, 11) is 1.74. The Kier molecular flexibility index (Phi) is 7.52. The molecule has 1 N–H and O–H groups in total. The van der Waals surface area contributed by atoms with Crippen LogP contribution in [0.2, 0.25) is 0 Å². The molecule has 1 aliphatic rings. The number of hydrogen-bond donors (Lipinski definition) is 1. The number of rotatable bonds is 8. The first-order valence-electron chi connectivity index (χ1n) is 8.45. The Morgan fingerprint density at radius 1 is 1.30 bits per heavy atom. The minimum atomic E-state index is 0.124. The molecule has 0 aromatic heterocycles. The van der Waals surface area contributed by atoms with Crippen LogP contribution in [-0.2, 0) is 16.0 Å². The van der Waals surface area contributed by atoms with Gasteiger partial charge in [-0.05, 0) is 18.9 Å². The highest BCUT2D eigenvalue weighted by molar-refractivity contribution is 5.78. The highest BCUT2D eigenvalue weighted by Gasteiger charge is 2.24. The van der Waals surface area contributed by atoms with Gasteiger partial charge in [-0.25, -0.2) is 0 Å². The lowest BCUT2D eigenvalue weighted by Crippen LogP contribution is -2.54. The number of benzene rings is 1. The summed E-state index contributed by atoms with van der Waals surface area (Å²) in [5, 5.41) is 3.02. The number of carbonyl (C=O) groups excluding carboxylic acids is 1. The molecule has 0 unspecified atom stereocenters. The van der Waals surface area contributed by atoms with Crippen molar-refractivity contribution in [2.24, 2.45) is 0 Å². The highest BCUT2D eigenvalue weighted by Crippen LogP contribution is 2.08. The number of ether oxygens (including phenoxy) is 1. The molecule has 1 saturated heterocycles. The van der Waals surface area contributed by atoms with Gasteiger partial charge >= 0.3 is 0 Å². The Bertz CT molecular complexity index is 467. The monoisotopic (exact) mass is 319 g/mol. The zero-order valence-corrected chi connectivity index (χ0v) is 14.3. The van der Waals surface area contributed by atoms with E-state index in [4.69, 9.17) is 4.74 Å². The van der Waals surface area contributed by atoms with Gasteiger partial charge in [0.1, 0.15) is 0 Å². The van der Waals surface area contributed by atoms with Crippen molar-refractivity contribution in [1.82, 2.24) is 15.1 Å². The van der Waals surface area contributed by atoms with E-state index >= 15 is 0 Å². The van der Waals surface area contributed by atoms with Crippen LogP contribution in [0.1, 0.15) is 12.5 Å². The minimum absolute atomic E-state index is 0.124. The summed E-state index contributed by atoms with van der Waals surface area (Å²) < 4.78 is 5.15. The van der Waals surface area contributed by atoms with Crippen molar-refractivity contribution >= 4 is 5.91 Å². The first-order chi connectivity index (χ1) is 11.2. The Morgan fingerprint density at radius 3 is 2.78 bits per heavy atom. The van der Waals surface area contributed by atoms with Gasteiger partial charge in [-0.15, -0.1) is 0 Å². The number of piperazine rings is 1. The lowest BCUT2D eigenvalue weighted by molar-refractivity contribution is -0.122. The summed E-state index contributed by atoms with van der Waals surface area (Å²) in [6, 6.07) is 10.7. The zero-order valence-electron chi connectivity index (χ0n) is 14.3. The second-order valence-electron chi connectivity index (χ2n) is 6.20. The molecule has 1 heterocycles. The predicted octanol–water partition coefficient (Wildman–Crippen LogP) is 0.998. The molecule has 0 radical (unpaired) electrons. The molecule has 128 valence electrons. The molecule has 1 atom stereocenters. The summed E-state index contributed by atoms with van der Waals surface area (Å²) in [5.41, 5.74) is 1.26. The standard InChI is InChI=1S/C18H29N3O2/c1-16-14-20(10-11-21(16)12-13-23-2)15-18(22)19-9-8-17-6-4-3-5-7-17/h3-7,16H,8-15H2,1-2H3,(H,19,22)/t16-/m0/s1. The quantitative estimate of drug-likeness (QED) is 0.776. The van der Waals surface area contributed by atoms with E-state index in [-0.39, 0.29) is 5.91 Å². The van der Waals surface area contributed by atoms with Crippen molar-refractivity contribution in [2.45, 2.75) is 19.4 Å². The maximum absolute atomic E-state index is 12.1. The third-order valence-electron chi connectivity index (χ3n) is 4.38. The van der Waals surface area contributed by atoms with E-state index in [1.54, 1.807) is 7.11 Å². The molecule has 0 aliphatic carbocycles. The lowest BCUT2D eigenvalue weighted by Gasteiger charge is -2.39. The molecule has 0 spiro atoms. The van der Waals surface area contributed by atoms with E-state index in [0.29, 0.717) is 19.1 Å². The lowest BCUT2D eigenvalue weighted by atomic mass is 10.1. The molecule has 1 amide bonds. The maximum atomic E-state index is 12.1. The molecular formula is C18H29N3O2. The van der Waals surface area contributed by atoms with Crippen molar-refractivity contribution in [1.29, 1.82) is 0 Å². The van der Waals surface area contributed by atoms with Gasteiger partial charge in [0, 0.05) is 45.9 Å². The fourth-order valence-electron chi connectivity index (χ4n) is 3.00. The molecule has 2 rings (SSSR count). The first-order valence-corrected chi connectivity index (χ1v) is 8.45. The molecule has 1 aromatic rings. The van der Waals surface area contributed by atoms with E-state index in [1.807, 2.05) is 18.2 Å². The first kappa shape index (κ1) is 17.9. The maximum Gasteiger partial charge on any atom is 0.234 e. The fraction of sp³-hybridized carbons (Fsp3) is 0.611. The van der Waals surface area contributed by atoms with Crippen LogP contribution in [0.4, 0.5) is 0 Å². The molecule has 1 aliphatic heterocycles. The largest absolute Gasteiger partial charge is 0.383 e. The molecule has 23 heavy (non-hydrogen) atoms. The highest BCUT2D eigenvalue weighted by atomic mass is 16.5. The number of hydrogen-bond acceptors (Lipinski definition) is 4. The van der Waals surface area contributed by atoms with E-state index < -0.39 is 0 Å². The van der Waals surface area contributed by atoms with E-state index in [2.05, 4.69) is 34.2 Å². The fourth-order valence-corrected chi connectivity index (χ4v) is 3.00.